The maximum absolute atomic E-state index is 11.7. The van der Waals surface area contributed by atoms with Gasteiger partial charge in [0.1, 0.15) is 0 Å². The highest BCUT2D eigenvalue weighted by Gasteiger charge is 2.08. The summed E-state index contributed by atoms with van der Waals surface area (Å²) in [5.74, 6) is 1.35. The first-order valence-corrected chi connectivity index (χ1v) is 8.00. The summed E-state index contributed by atoms with van der Waals surface area (Å²) >= 11 is 3.00. The largest absolute Gasteiger partial charge is 0.396 e. The summed E-state index contributed by atoms with van der Waals surface area (Å²) in [4.78, 5) is 16.1. The molecule has 6 heteroatoms. The van der Waals surface area contributed by atoms with Crippen molar-refractivity contribution in [3.05, 3.63) is 24.3 Å². The average molecular weight is 296 g/mol. The van der Waals surface area contributed by atoms with E-state index in [1.807, 2.05) is 31.2 Å². The number of aliphatic hydroxyl groups is 1. The number of nitrogens with one attached hydrogen (secondary N) is 1. The Balaban J connectivity index is 1.85. The minimum absolute atomic E-state index is 0.0470. The maximum atomic E-state index is 11.7. The lowest BCUT2D eigenvalue weighted by molar-refractivity contribution is -0.113. The summed E-state index contributed by atoms with van der Waals surface area (Å²) in [7, 11) is 0. The molecule has 102 valence electrons. The highest BCUT2D eigenvalue weighted by molar-refractivity contribution is 7.99. The number of carbonyl (C=O) groups is 1. The number of thiazole rings is 1. The van der Waals surface area contributed by atoms with Gasteiger partial charge in [-0.15, -0.1) is 0 Å². The van der Waals surface area contributed by atoms with Crippen LogP contribution in [0.1, 0.15) is 6.92 Å². The van der Waals surface area contributed by atoms with Crippen LogP contribution < -0.4 is 5.32 Å². The zero-order chi connectivity index (χ0) is 13.7. The summed E-state index contributed by atoms with van der Waals surface area (Å²) in [6.45, 7) is 2.12. The van der Waals surface area contributed by atoms with Crippen LogP contribution in [0.3, 0.4) is 0 Å². The minimum Gasteiger partial charge on any atom is -0.396 e. The van der Waals surface area contributed by atoms with Crippen molar-refractivity contribution in [2.45, 2.75) is 6.92 Å². The van der Waals surface area contributed by atoms with Crippen LogP contribution in [0.4, 0.5) is 5.13 Å². The molecule has 0 aliphatic heterocycles. The molecule has 0 fully saturated rings. The van der Waals surface area contributed by atoms with Gasteiger partial charge in [-0.25, -0.2) is 4.98 Å². The molecule has 0 radical (unpaired) electrons. The molecule has 0 aliphatic carbocycles. The van der Waals surface area contributed by atoms with E-state index in [9.17, 15) is 4.79 Å². The molecule has 1 atom stereocenters. The summed E-state index contributed by atoms with van der Waals surface area (Å²) in [5, 5.41) is 12.3. The van der Waals surface area contributed by atoms with E-state index in [-0.39, 0.29) is 18.4 Å². The smallest absolute Gasteiger partial charge is 0.236 e. The van der Waals surface area contributed by atoms with Crippen molar-refractivity contribution >= 4 is 44.4 Å². The van der Waals surface area contributed by atoms with E-state index in [1.165, 1.54) is 23.1 Å². The van der Waals surface area contributed by atoms with Crippen LogP contribution >= 0.6 is 23.1 Å². The first-order valence-electron chi connectivity index (χ1n) is 6.03. The molecule has 1 aromatic heterocycles. The summed E-state index contributed by atoms with van der Waals surface area (Å²) in [6, 6.07) is 7.80. The molecule has 0 spiro atoms. The van der Waals surface area contributed by atoms with Crippen molar-refractivity contribution in [2.24, 2.45) is 5.92 Å². The second-order valence-corrected chi connectivity index (χ2v) is 6.40. The number of aromatic nitrogens is 1. The van der Waals surface area contributed by atoms with Crippen LogP contribution in [-0.2, 0) is 4.79 Å². The van der Waals surface area contributed by atoms with Gasteiger partial charge in [-0.05, 0) is 23.8 Å². The number of hydrogen-bond donors (Lipinski definition) is 2. The molecule has 2 aromatic rings. The molecule has 0 saturated carbocycles. The van der Waals surface area contributed by atoms with Crippen LogP contribution in [-0.4, -0.2) is 34.1 Å². The number of anilines is 1. The van der Waals surface area contributed by atoms with Gasteiger partial charge in [-0.2, -0.15) is 11.8 Å². The van der Waals surface area contributed by atoms with Gasteiger partial charge >= 0.3 is 0 Å². The van der Waals surface area contributed by atoms with Crippen molar-refractivity contribution in [1.82, 2.24) is 4.98 Å². The fourth-order valence-corrected chi connectivity index (χ4v) is 3.25. The van der Waals surface area contributed by atoms with E-state index >= 15 is 0 Å². The molecule has 1 heterocycles. The number of rotatable bonds is 6. The third-order valence-electron chi connectivity index (χ3n) is 2.49. The van der Waals surface area contributed by atoms with Gasteiger partial charge in [0.15, 0.2) is 5.13 Å². The highest BCUT2D eigenvalue weighted by Crippen LogP contribution is 2.25. The van der Waals surface area contributed by atoms with Gasteiger partial charge in [0, 0.05) is 6.61 Å². The van der Waals surface area contributed by atoms with E-state index in [0.29, 0.717) is 10.9 Å². The lowest BCUT2D eigenvalue weighted by Crippen LogP contribution is -2.15. The molecule has 0 saturated heterocycles. The molecule has 0 bridgehead atoms. The first kappa shape index (κ1) is 14.3. The average Bonchev–Trinajstić information content (AvgIpc) is 2.80. The minimum atomic E-state index is -0.0470. The molecule has 19 heavy (non-hydrogen) atoms. The van der Waals surface area contributed by atoms with Gasteiger partial charge < -0.3 is 10.4 Å². The predicted octanol–water partition coefficient (Wildman–Crippen LogP) is 2.60. The first-order chi connectivity index (χ1) is 9.19. The molecule has 1 amide bonds. The molecule has 1 aromatic carbocycles. The van der Waals surface area contributed by atoms with E-state index in [2.05, 4.69) is 10.3 Å². The number of nitrogens with zero attached hydrogens (tertiary/aromatic N) is 1. The lowest BCUT2D eigenvalue weighted by Gasteiger charge is -2.06. The highest BCUT2D eigenvalue weighted by atomic mass is 32.2. The Hall–Kier alpha value is -1.11. The Morgan fingerprint density at radius 1 is 1.53 bits per heavy atom. The van der Waals surface area contributed by atoms with Crippen LogP contribution in [0.15, 0.2) is 24.3 Å². The molecule has 4 nitrogen and oxygen atoms in total. The molecule has 1 unspecified atom stereocenters. The van der Waals surface area contributed by atoms with Crippen molar-refractivity contribution in [3.8, 4) is 0 Å². The zero-order valence-electron chi connectivity index (χ0n) is 10.6. The standard InChI is InChI=1S/C13H16N2O2S2/c1-9(6-16)7-18-8-12(17)15-13-14-10-4-2-3-5-11(10)19-13/h2-5,9,16H,6-8H2,1H3,(H,14,15,17). The second kappa shape index (κ2) is 6.88. The van der Waals surface area contributed by atoms with Crippen LogP contribution in [0, 0.1) is 5.92 Å². The predicted molar refractivity (Wildman–Crippen MR) is 81.8 cm³/mol. The Bertz CT molecular complexity index is 523. The van der Waals surface area contributed by atoms with Crippen LogP contribution in [0.2, 0.25) is 0 Å². The van der Waals surface area contributed by atoms with Crippen molar-refractivity contribution < 1.29 is 9.90 Å². The molecule has 2 rings (SSSR count). The number of benzene rings is 1. The number of amides is 1. The second-order valence-electron chi connectivity index (χ2n) is 4.34. The Morgan fingerprint density at radius 3 is 3.05 bits per heavy atom. The fourth-order valence-electron chi connectivity index (χ4n) is 1.49. The molecular weight excluding hydrogens is 280 g/mol. The Kier molecular flexibility index (Phi) is 5.18. The fraction of sp³-hybridized carbons (Fsp3) is 0.385. The third kappa shape index (κ3) is 4.19. The molecule has 0 aliphatic rings. The molecular formula is C13H16N2O2S2. The van der Waals surface area contributed by atoms with Crippen molar-refractivity contribution in [2.75, 3.05) is 23.4 Å². The lowest BCUT2D eigenvalue weighted by atomic mass is 10.2. The normalized spacial score (nSPS) is 12.5. The Morgan fingerprint density at radius 2 is 2.32 bits per heavy atom. The number of para-hydroxylation sites is 1. The van der Waals surface area contributed by atoms with Crippen LogP contribution in [0.5, 0.6) is 0 Å². The van der Waals surface area contributed by atoms with Crippen molar-refractivity contribution in [1.29, 1.82) is 0 Å². The maximum Gasteiger partial charge on any atom is 0.236 e. The topological polar surface area (TPSA) is 62.2 Å². The van der Waals surface area contributed by atoms with E-state index in [4.69, 9.17) is 5.11 Å². The number of thioether (sulfide) groups is 1. The van der Waals surface area contributed by atoms with E-state index in [0.717, 1.165) is 16.0 Å². The quantitative estimate of drug-likeness (QED) is 0.860. The summed E-state index contributed by atoms with van der Waals surface area (Å²) in [5.41, 5.74) is 0.907. The van der Waals surface area contributed by atoms with Gasteiger partial charge in [0.05, 0.1) is 16.0 Å². The number of hydrogen-bond acceptors (Lipinski definition) is 5. The molecule has 2 N–H and O–H groups in total. The number of fused-ring (bicyclic) bond motifs is 1. The van der Waals surface area contributed by atoms with E-state index < -0.39 is 0 Å². The van der Waals surface area contributed by atoms with Gasteiger partial charge in [-0.1, -0.05) is 30.4 Å². The van der Waals surface area contributed by atoms with Gasteiger partial charge in [0.2, 0.25) is 5.91 Å². The summed E-state index contributed by atoms with van der Waals surface area (Å²) < 4.78 is 1.07. The van der Waals surface area contributed by atoms with Gasteiger partial charge in [0.25, 0.3) is 0 Å². The SMILES string of the molecule is CC(CO)CSCC(=O)Nc1nc2ccccc2s1. The number of aliphatic hydroxyl groups excluding tert-OH is 1. The Labute approximate surface area is 120 Å². The third-order valence-corrected chi connectivity index (χ3v) is 4.71. The zero-order valence-corrected chi connectivity index (χ0v) is 12.3. The number of carbonyl (C=O) groups excluding carboxylic acids is 1. The van der Waals surface area contributed by atoms with Gasteiger partial charge in [-0.3, -0.25) is 4.79 Å². The van der Waals surface area contributed by atoms with Crippen molar-refractivity contribution in [3.63, 3.8) is 0 Å². The monoisotopic (exact) mass is 296 g/mol. The summed E-state index contributed by atoms with van der Waals surface area (Å²) in [6.07, 6.45) is 0. The van der Waals surface area contributed by atoms with Crippen LogP contribution in [0.25, 0.3) is 10.2 Å². The van der Waals surface area contributed by atoms with E-state index in [1.54, 1.807) is 0 Å².